The summed E-state index contributed by atoms with van der Waals surface area (Å²) in [5.41, 5.74) is 2.12. The number of nitrogens with zero attached hydrogens (tertiary/aromatic N) is 2. The molecule has 0 amide bonds. The molecule has 0 aliphatic heterocycles. The van der Waals surface area contributed by atoms with E-state index in [0.29, 0.717) is 28.2 Å². The van der Waals surface area contributed by atoms with E-state index < -0.39 is 0 Å². The number of ether oxygens (including phenoxy) is 2. The second kappa shape index (κ2) is 8.02. The van der Waals surface area contributed by atoms with Gasteiger partial charge in [0.15, 0.2) is 0 Å². The van der Waals surface area contributed by atoms with Crippen molar-refractivity contribution >= 4 is 23.1 Å². The first-order chi connectivity index (χ1) is 14.2. The number of para-hydroxylation sites is 3. The van der Waals surface area contributed by atoms with Crippen LogP contribution in [0.1, 0.15) is 11.4 Å². The normalized spacial score (nSPS) is 11.1. The fourth-order valence-corrected chi connectivity index (χ4v) is 3.19. The average molecular weight is 384 g/mol. The highest BCUT2D eigenvalue weighted by molar-refractivity contribution is 5.80. The van der Waals surface area contributed by atoms with Crippen molar-refractivity contribution in [1.29, 1.82) is 0 Å². The highest BCUT2D eigenvalue weighted by atomic mass is 16.5. The Kier molecular flexibility index (Phi) is 5.12. The number of fused-ring (bicyclic) bond motifs is 1. The monoisotopic (exact) mass is 384 g/mol. The molecule has 0 unspecified atom stereocenters. The molecule has 0 fully saturated rings. The molecule has 0 radical (unpaired) electrons. The topological polar surface area (TPSA) is 53.3 Å². The number of aromatic nitrogens is 2. The predicted octanol–water partition coefficient (Wildman–Crippen LogP) is 4.57. The Bertz CT molecular complexity index is 1240. The van der Waals surface area contributed by atoms with Gasteiger partial charge in [-0.2, -0.15) is 0 Å². The summed E-state index contributed by atoms with van der Waals surface area (Å²) in [4.78, 5) is 18.1. The molecule has 0 spiro atoms. The molecule has 1 heterocycles. The van der Waals surface area contributed by atoms with Crippen LogP contribution in [0.3, 0.4) is 0 Å². The smallest absolute Gasteiger partial charge is 0.266 e. The zero-order valence-corrected chi connectivity index (χ0v) is 16.2. The second-order valence-corrected chi connectivity index (χ2v) is 6.41. The molecular formula is C24H20N2O3. The van der Waals surface area contributed by atoms with E-state index in [0.717, 1.165) is 11.3 Å². The van der Waals surface area contributed by atoms with Crippen molar-refractivity contribution in [2.75, 3.05) is 14.2 Å². The Morgan fingerprint density at radius 3 is 2.31 bits per heavy atom. The molecule has 0 bridgehead atoms. The van der Waals surface area contributed by atoms with Gasteiger partial charge in [-0.25, -0.2) is 4.98 Å². The quantitative estimate of drug-likeness (QED) is 0.506. The van der Waals surface area contributed by atoms with Gasteiger partial charge in [-0.3, -0.25) is 9.36 Å². The molecule has 1 aromatic heterocycles. The third-order valence-electron chi connectivity index (χ3n) is 4.67. The van der Waals surface area contributed by atoms with Crippen LogP contribution in [0.4, 0.5) is 0 Å². The van der Waals surface area contributed by atoms with Crippen molar-refractivity contribution in [3.05, 3.63) is 94.5 Å². The van der Waals surface area contributed by atoms with Crippen molar-refractivity contribution < 1.29 is 9.47 Å². The number of benzene rings is 3. The van der Waals surface area contributed by atoms with Crippen LogP contribution in [-0.2, 0) is 0 Å². The minimum atomic E-state index is -0.144. The third-order valence-corrected chi connectivity index (χ3v) is 4.67. The zero-order chi connectivity index (χ0) is 20.2. The lowest BCUT2D eigenvalue weighted by atomic mass is 10.2. The minimum Gasteiger partial charge on any atom is -0.497 e. The molecule has 0 N–H and O–H groups in total. The van der Waals surface area contributed by atoms with Crippen LogP contribution in [-0.4, -0.2) is 23.8 Å². The number of hydrogen-bond donors (Lipinski definition) is 0. The molecule has 0 saturated carbocycles. The van der Waals surface area contributed by atoms with E-state index in [1.54, 1.807) is 24.9 Å². The van der Waals surface area contributed by atoms with E-state index in [2.05, 4.69) is 0 Å². The SMILES string of the molecule is COc1ccc(/C=C/c2nc3ccccc3c(=O)n2-c2ccccc2OC)cc1. The largest absolute Gasteiger partial charge is 0.497 e. The summed E-state index contributed by atoms with van der Waals surface area (Å²) in [5.74, 6) is 1.91. The summed E-state index contributed by atoms with van der Waals surface area (Å²) in [6.07, 6.45) is 3.75. The first-order valence-electron chi connectivity index (χ1n) is 9.18. The zero-order valence-electron chi connectivity index (χ0n) is 16.2. The highest BCUT2D eigenvalue weighted by Gasteiger charge is 2.14. The Labute approximate surface area is 168 Å². The van der Waals surface area contributed by atoms with Crippen LogP contribution in [0.2, 0.25) is 0 Å². The average Bonchev–Trinajstić information content (AvgIpc) is 2.78. The molecule has 0 saturated heterocycles. The van der Waals surface area contributed by atoms with Crippen molar-refractivity contribution in [3.8, 4) is 17.2 Å². The highest BCUT2D eigenvalue weighted by Crippen LogP contribution is 2.24. The molecule has 4 rings (SSSR count). The van der Waals surface area contributed by atoms with E-state index in [-0.39, 0.29) is 5.56 Å². The molecule has 4 aromatic rings. The number of hydrogen-bond acceptors (Lipinski definition) is 4. The van der Waals surface area contributed by atoms with Crippen LogP contribution >= 0.6 is 0 Å². The van der Waals surface area contributed by atoms with Crippen LogP contribution in [0, 0.1) is 0 Å². The first-order valence-corrected chi connectivity index (χ1v) is 9.18. The standard InChI is InChI=1S/C24H20N2O3/c1-28-18-14-11-17(12-15-18)13-16-23-25-20-8-4-3-7-19(20)24(27)26(23)21-9-5-6-10-22(21)29-2/h3-16H,1-2H3/b16-13+. The molecule has 144 valence electrons. The maximum absolute atomic E-state index is 13.3. The Morgan fingerprint density at radius 2 is 1.55 bits per heavy atom. The minimum absolute atomic E-state index is 0.144. The van der Waals surface area contributed by atoms with Gasteiger partial charge in [-0.05, 0) is 48.0 Å². The lowest BCUT2D eigenvalue weighted by Crippen LogP contribution is -2.22. The lowest BCUT2D eigenvalue weighted by Gasteiger charge is -2.14. The molecular weight excluding hydrogens is 364 g/mol. The maximum atomic E-state index is 13.3. The summed E-state index contributed by atoms with van der Waals surface area (Å²) in [5, 5.41) is 0.556. The third kappa shape index (κ3) is 3.62. The molecule has 5 heteroatoms. The van der Waals surface area contributed by atoms with Gasteiger partial charge in [0.05, 0.1) is 30.8 Å². The predicted molar refractivity (Wildman–Crippen MR) is 116 cm³/mol. The van der Waals surface area contributed by atoms with E-state index in [4.69, 9.17) is 14.5 Å². The fourth-order valence-electron chi connectivity index (χ4n) is 3.19. The van der Waals surface area contributed by atoms with Gasteiger partial charge in [-0.15, -0.1) is 0 Å². The van der Waals surface area contributed by atoms with E-state index >= 15 is 0 Å². The van der Waals surface area contributed by atoms with Gasteiger partial charge in [0, 0.05) is 0 Å². The fraction of sp³-hybridized carbons (Fsp3) is 0.0833. The van der Waals surface area contributed by atoms with Crippen LogP contribution in [0.5, 0.6) is 11.5 Å². The number of rotatable bonds is 5. The molecule has 29 heavy (non-hydrogen) atoms. The first kappa shape index (κ1) is 18.5. The van der Waals surface area contributed by atoms with Gasteiger partial charge >= 0.3 is 0 Å². The summed E-state index contributed by atoms with van der Waals surface area (Å²) in [6, 6.07) is 22.4. The molecule has 0 aliphatic rings. The van der Waals surface area contributed by atoms with E-state index in [9.17, 15) is 4.79 Å². The summed E-state index contributed by atoms with van der Waals surface area (Å²) < 4.78 is 12.3. The second-order valence-electron chi connectivity index (χ2n) is 6.41. The Morgan fingerprint density at radius 1 is 0.828 bits per heavy atom. The summed E-state index contributed by atoms with van der Waals surface area (Å²) in [7, 11) is 3.22. The van der Waals surface area contributed by atoms with Crippen LogP contribution < -0.4 is 15.0 Å². The van der Waals surface area contributed by atoms with Crippen LogP contribution in [0.25, 0.3) is 28.7 Å². The summed E-state index contributed by atoms with van der Waals surface area (Å²) in [6.45, 7) is 0. The van der Waals surface area contributed by atoms with Gasteiger partial charge in [0.1, 0.15) is 17.3 Å². The van der Waals surface area contributed by atoms with Crippen molar-refractivity contribution in [1.82, 2.24) is 9.55 Å². The van der Waals surface area contributed by atoms with Gasteiger partial charge in [0.2, 0.25) is 0 Å². The molecule has 0 aliphatic carbocycles. The van der Waals surface area contributed by atoms with Crippen molar-refractivity contribution in [2.45, 2.75) is 0 Å². The van der Waals surface area contributed by atoms with Crippen molar-refractivity contribution in [2.24, 2.45) is 0 Å². The Hall–Kier alpha value is -3.86. The molecule has 3 aromatic carbocycles. The van der Waals surface area contributed by atoms with Gasteiger partial charge < -0.3 is 9.47 Å². The molecule has 5 nitrogen and oxygen atoms in total. The van der Waals surface area contributed by atoms with E-state index in [1.165, 1.54) is 0 Å². The maximum Gasteiger partial charge on any atom is 0.266 e. The van der Waals surface area contributed by atoms with Crippen molar-refractivity contribution in [3.63, 3.8) is 0 Å². The van der Waals surface area contributed by atoms with Gasteiger partial charge in [-0.1, -0.05) is 42.5 Å². The lowest BCUT2D eigenvalue weighted by molar-refractivity contribution is 0.412. The van der Waals surface area contributed by atoms with Crippen LogP contribution in [0.15, 0.2) is 77.6 Å². The number of methoxy groups -OCH3 is 2. The molecule has 0 atom stereocenters. The van der Waals surface area contributed by atoms with E-state index in [1.807, 2.05) is 78.9 Å². The van der Waals surface area contributed by atoms with Gasteiger partial charge in [0.25, 0.3) is 5.56 Å². The summed E-state index contributed by atoms with van der Waals surface area (Å²) >= 11 is 0. The Balaban J connectivity index is 1.92.